The van der Waals surface area contributed by atoms with Crippen molar-refractivity contribution >= 4 is 24.0 Å². The fourth-order valence-corrected chi connectivity index (χ4v) is 3.11. The fraction of sp³-hybridized carbons (Fsp3) is 0.500. The molecule has 0 saturated carbocycles. The van der Waals surface area contributed by atoms with Gasteiger partial charge in [-0.15, -0.1) is 12.4 Å². The van der Waals surface area contributed by atoms with E-state index in [1.807, 2.05) is 27.7 Å². The van der Waals surface area contributed by atoms with Gasteiger partial charge in [0.15, 0.2) is 0 Å². The van der Waals surface area contributed by atoms with Gasteiger partial charge in [0.2, 0.25) is 5.91 Å². The molecule has 0 aliphatic rings. The van der Waals surface area contributed by atoms with E-state index in [1.165, 1.54) is 19.1 Å². The largest absolute Gasteiger partial charge is 0.491 e. The topological polar surface area (TPSA) is 82.6 Å². The van der Waals surface area contributed by atoms with Crippen LogP contribution in [0.2, 0.25) is 0 Å². The van der Waals surface area contributed by atoms with Crippen LogP contribution in [0.3, 0.4) is 0 Å². The first-order valence-electron chi connectivity index (χ1n) is 11.7. The Hall–Kier alpha value is -2.33. The Morgan fingerprint density at radius 3 is 2.22 bits per heavy atom. The lowest BCUT2D eigenvalue weighted by Crippen LogP contribution is -2.35. The number of nitrogens with one attached hydrogen (secondary N) is 3. The van der Waals surface area contributed by atoms with Gasteiger partial charge in [0.25, 0.3) is 0 Å². The number of amides is 1. The maximum Gasteiger partial charge on any atom is 0.416 e. The van der Waals surface area contributed by atoms with Crippen LogP contribution in [0, 0.1) is 0 Å². The molecule has 0 saturated heterocycles. The zero-order valence-corrected chi connectivity index (χ0v) is 22.3. The quantitative estimate of drug-likeness (QED) is 0.325. The molecule has 0 heterocycles. The summed E-state index contributed by atoms with van der Waals surface area (Å²) in [5.41, 5.74) is 0.860. The lowest BCUT2D eigenvalue weighted by atomic mass is 10.0. The first kappa shape index (κ1) is 33.7. The molecule has 204 valence electrons. The van der Waals surface area contributed by atoms with Crippen molar-refractivity contribution in [3.05, 3.63) is 59.7 Å². The second-order valence-corrected chi connectivity index (χ2v) is 8.59. The van der Waals surface area contributed by atoms with Crippen LogP contribution < -0.4 is 20.7 Å². The molecule has 0 aliphatic carbocycles. The van der Waals surface area contributed by atoms with Crippen LogP contribution in [0.25, 0.3) is 0 Å². The van der Waals surface area contributed by atoms with E-state index in [0.717, 1.165) is 18.3 Å². The Morgan fingerprint density at radius 2 is 1.69 bits per heavy atom. The van der Waals surface area contributed by atoms with Crippen LogP contribution >= 0.6 is 12.4 Å². The Kier molecular flexibility index (Phi) is 16.1. The zero-order chi connectivity index (χ0) is 26.4. The fourth-order valence-electron chi connectivity index (χ4n) is 3.11. The number of carbonyl (C=O) groups excluding carboxylic acids is 1. The highest BCUT2D eigenvalue weighted by molar-refractivity contribution is 5.88. The minimum Gasteiger partial charge on any atom is -0.491 e. The molecule has 2 aromatic carbocycles. The van der Waals surface area contributed by atoms with Crippen molar-refractivity contribution in [2.24, 2.45) is 0 Å². The normalized spacial score (nSPS) is 12.6. The number of hydrogen-bond acceptors (Lipinski definition) is 5. The number of hydrogen-bond donors (Lipinski definition) is 4. The first-order valence-corrected chi connectivity index (χ1v) is 11.7. The summed E-state index contributed by atoms with van der Waals surface area (Å²) in [5.74, 6) is 0.557. The van der Waals surface area contributed by atoms with E-state index in [-0.39, 0.29) is 31.0 Å². The molecule has 4 N–H and O–H groups in total. The van der Waals surface area contributed by atoms with E-state index < -0.39 is 17.8 Å². The SMILES string of the molecule is CC(=O)Nc1ccc(OCC(O)CNC(C)C)cc1.CCNC(C)Cc1cccc(C(F)(F)F)c1.Cl. The lowest BCUT2D eigenvalue weighted by molar-refractivity contribution is -0.137. The van der Waals surface area contributed by atoms with Crippen molar-refractivity contribution in [3.63, 3.8) is 0 Å². The highest BCUT2D eigenvalue weighted by atomic mass is 35.5. The third-order valence-corrected chi connectivity index (χ3v) is 4.73. The number of ether oxygens (including phenoxy) is 1. The number of halogens is 4. The molecule has 2 aromatic rings. The molecule has 0 aromatic heterocycles. The molecule has 0 radical (unpaired) electrons. The van der Waals surface area contributed by atoms with Crippen molar-refractivity contribution < 1.29 is 27.8 Å². The van der Waals surface area contributed by atoms with Gasteiger partial charge in [0, 0.05) is 31.2 Å². The van der Waals surface area contributed by atoms with Crippen LogP contribution in [0.1, 0.15) is 45.7 Å². The van der Waals surface area contributed by atoms with E-state index >= 15 is 0 Å². The number of aliphatic hydroxyl groups excluding tert-OH is 1. The predicted molar refractivity (Wildman–Crippen MR) is 141 cm³/mol. The number of rotatable bonds is 11. The van der Waals surface area contributed by atoms with Crippen molar-refractivity contribution in [1.82, 2.24) is 10.6 Å². The van der Waals surface area contributed by atoms with Gasteiger partial charge in [-0.05, 0) is 55.8 Å². The van der Waals surface area contributed by atoms with Crippen LogP contribution in [-0.4, -0.2) is 48.9 Å². The first-order chi connectivity index (χ1) is 16.4. The molecule has 0 spiro atoms. The molecule has 0 bridgehead atoms. The number of anilines is 1. The minimum absolute atomic E-state index is 0. The Bertz CT molecular complexity index is 881. The summed E-state index contributed by atoms with van der Waals surface area (Å²) in [5, 5.41) is 18.7. The monoisotopic (exact) mass is 533 g/mol. The van der Waals surface area contributed by atoms with Crippen LogP contribution in [-0.2, 0) is 17.4 Å². The molecule has 2 atom stereocenters. The number of carbonyl (C=O) groups is 1. The average Bonchev–Trinajstić information content (AvgIpc) is 2.77. The van der Waals surface area contributed by atoms with Crippen molar-refractivity contribution in [2.75, 3.05) is 25.0 Å². The summed E-state index contributed by atoms with van der Waals surface area (Å²) in [7, 11) is 0. The summed E-state index contributed by atoms with van der Waals surface area (Å²) in [6, 6.07) is 13.1. The molecule has 0 fully saturated rings. The second-order valence-electron chi connectivity index (χ2n) is 8.59. The number of alkyl halides is 3. The van der Waals surface area contributed by atoms with E-state index in [9.17, 15) is 23.1 Å². The number of aliphatic hydroxyl groups is 1. The highest BCUT2D eigenvalue weighted by Gasteiger charge is 2.30. The lowest BCUT2D eigenvalue weighted by Gasteiger charge is -2.15. The third-order valence-electron chi connectivity index (χ3n) is 4.73. The molecule has 6 nitrogen and oxygen atoms in total. The van der Waals surface area contributed by atoms with Gasteiger partial charge in [0.1, 0.15) is 18.5 Å². The van der Waals surface area contributed by atoms with E-state index in [0.29, 0.717) is 30.3 Å². The second kappa shape index (κ2) is 17.2. The predicted octanol–water partition coefficient (Wildman–Crippen LogP) is 5.05. The summed E-state index contributed by atoms with van der Waals surface area (Å²) in [4.78, 5) is 10.9. The molecule has 36 heavy (non-hydrogen) atoms. The van der Waals surface area contributed by atoms with Crippen LogP contribution in [0.5, 0.6) is 5.75 Å². The van der Waals surface area contributed by atoms with Gasteiger partial charge in [-0.2, -0.15) is 13.2 Å². The molecule has 2 unspecified atom stereocenters. The Labute approximate surface area is 218 Å². The molecular formula is C26H39ClF3N3O3. The molecular weight excluding hydrogens is 495 g/mol. The summed E-state index contributed by atoms with van der Waals surface area (Å²) >= 11 is 0. The van der Waals surface area contributed by atoms with E-state index in [1.54, 1.807) is 30.3 Å². The Morgan fingerprint density at radius 1 is 1.06 bits per heavy atom. The molecule has 10 heteroatoms. The number of benzene rings is 2. The third kappa shape index (κ3) is 14.9. The Balaban J connectivity index is 0.000000671. The highest BCUT2D eigenvalue weighted by Crippen LogP contribution is 2.29. The van der Waals surface area contributed by atoms with Gasteiger partial charge in [0.05, 0.1) is 5.56 Å². The smallest absolute Gasteiger partial charge is 0.416 e. The van der Waals surface area contributed by atoms with Crippen LogP contribution in [0.4, 0.5) is 18.9 Å². The summed E-state index contributed by atoms with van der Waals surface area (Å²) < 4.78 is 42.8. The summed E-state index contributed by atoms with van der Waals surface area (Å²) in [6.07, 6.45) is -4.19. The average molecular weight is 534 g/mol. The van der Waals surface area contributed by atoms with Gasteiger partial charge < -0.3 is 25.8 Å². The van der Waals surface area contributed by atoms with Gasteiger partial charge >= 0.3 is 6.18 Å². The maximum atomic E-state index is 12.4. The number of likely N-dealkylation sites (N-methyl/N-ethyl adjacent to an activating group) is 1. The molecule has 0 aliphatic heterocycles. The van der Waals surface area contributed by atoms with Crippen molar-refractivity contribution in [3.8, 4) is 5.75 Å². The maximum absolute atomic E-state index is 12.4. The van der Waals surface area contributed by atoms with E-state index in [4.69, 9.17) is 4.74 Å². The van der Waals surface area contributed by atoms with Gasteiger partial charge in [-0.1, -0.05) is 39.0 Å². The minimum atomic E-state index is -4.25. The molecule has 2 rings (SSSR count). The van der Waals surface area contributed by atoms with Gasteiger partial charge in [-0.25, -0.2) is 0 Å². The molecule has 1 amide bonds. The van der Waals surface area contributed by atoms with Crippen LogP contribution in [0.15, 0.2) is 48.5 Å². The van der Waals surface area contributed by atoms with Crippen molar-refractivity contribution in [2.45, 2.75) is 65.4 Å². The standard InChI is InChI=1S/C14H22N2O3.C12H16F3N.ClH/c1-10(2)15-8-13(18)9-19-14-6-4-12(5-7-14)16-11(3)17;1-3-16-9(2)7-10-5-4-6-11(8-10)12(13,14)15;/h4-7,10,13,15,18H,8-9H2,1-3H3,(H,16,17);4-6,8-9,16H,3,7H2,1-2H3;1H. The van der Waals surface area contributed by atoms with Gasteiger partial charge in [-0.3, -0.25) is 4.79 Å². The summed E-state index contributed by atoms with van der Waals surface area (Å²) in [6.45, 7) is 11.0. The van der Waals surface area contributed by atoms with Crippen molar-refractivity contribution in [1.29, 1.82) is 0 Å². The van der Waals surface area contributed by atoms with E-state index in [2.05, 4.69) is 16.0 Å². The zero-order valence-electron chi connectivity index (χ0n) is 21.5.